The molecular formula is C13H13N5O2S. The van der Waals surface area contributed by atoms with E-state index in [0.29, 0.717) is 28.5 Å². The fourth-order valence-electron chi connectivity index (χ4n) is 1.71. The Morgan fingerprint density at radius 2 is 2.05 bits per heavy atom. The summed E-state index contributed by atoms with van der Waals surface area (Å²) in [5.41, 5.74) is 0.948. The van der Waals surface area contributed by atoms with Crippen molar-refractivity contribution >= 4 is 11.8 Å². The van der Waals surface area contributed by atoms with E-state index < -0.39 is 0 Å². The number of aromatic amines is 1. The SMILES string of the molecule is COc1ccc(-c2nc(SCc3nnc(C)o3)n[nH]2)cc1. The van der Waals surface area contributed by atoms with Crippen LogP contribution in [0.3, 0.4) is 0 Å². The molecule has 3 aromatic rings. The van der Waals surface area contributed by atoms with Crippen molar-refractivity contribution in [3.63, 3.8) is 0 Å². The number of nitrogens with zero attached hydrogens (tertiary/aromatic N) is 4. The van der Waals surface area contributed by atoms with Crippen molar-refractivity contribution in [2.75, 3.05) is 7.11 Å². The Morgan fingerprint density at radius 3 is 2.71 bits per heavy atom. The van der Waals surface area contributed by atoms with Crippen molar-refractivity contribution in [1.82, 2.24) is 25.4 Å². The van der Waals surface area contributed by atoms with Gasteiger partial charge in [0.05, 0.1) is 12.9 Å². The molecule has 7 nitrogen and oxygen atoms in total. The number of aromatic nitrogens is 5. The molecule has 108 valence electrons. The number of hydrogen-bond acceptors (Lipinski definition) is 7. The highest BCUT2D eigenvalue weighted by Gasteiger charge is 2.09. The summed E-state index contributed by atoms with van der Waals surface area (Å²) >= 11 is 1.44. The molecule has 0 atom stereocenters. The van der Waals surface area contributed by atoms with E-state index in [4.69, 9.17) is 9.15 Å². The van der Waals surface area contributed by atoms with E-state index in [0.717, 1.165) is 11.3 Å². The van der Waals surface area contributed by atoms with E-state index in [1.165, 1.54) is 11.8 Å². The van der Waals surface area contributed by atoms with Crippen molar-refractivity contribution in [2.24, 2.45) is 0 Å². The normalized spacial score (nSPS) is 10.8. The van der Waals surface area contributed by atoms with Gasteiger partial charge in [0, 0.05) is 12.5 Å². The molecule has 0 aliphatic rings. The van der Waals surface area contributed by atoms with Crippen molar-refractivity contribution in [3.8, 4) is 17.1 Å². The summed E-state index contributed by atoms with van der Waals surface area (Å²) in [6.45, 7) is 1.76. The van der Waals surface area contributed by atoms with Crippen molar-refractivity contribution in [2.45, 2.75) is 17.8 Å². The maximum Gasteiger partial charge on any atom is 0.226 e. The summed E-state index contributed by atoms with van der Waals surface area (Å²) in [5.74, 6) is 3.18. The minimum absolute atomic E-state index is 0.542. The molecule has 2 heterocycles. The van der Waals surface area contributed by atoms with Crippen LogP contribution >= 0.6 is 11.8 Å². The third-order valence-electron chi connectivity index (χ3n) is 2.72. The Kier molecular flexibility index (Phi) is 3.87. The lowest BCUT2D eigenvalue weighted by Crippen LogP contribution is -1.84. The summed E-state index contributed by atoms with van der Waals surface area (Å²) in [5, 5.41) is 15.4. The number of nitrogens with one attached hydrogen (secondary N) is 1. The van der Waals surface area contributed by atoms with Crippen LogP contribution in [-0.2, 0) is 5.75 Å². The van der Waals surface area contributed by atoms with E-state index >= 15 is 0 Å². The van der Waals surface area contributed by atoms with Gasteiger partial charge in [-0.25, -0.2) is 4.98 Å². The van der Waals surface area contributed by atoms with Crippen LogP contribution in [-0.4, -0.2) is 32.5 Å². The van der Waals surface area contributed by atoms with Crippen LogP contribution in [0.1, 0.15) is 11.8 Å². The third-order valence-corrected chi connectivity index (χ3v) is 3.55. The zero-order chi connectivity index (χ0) is 14.7. The fourth-order valence-corrected chi connectivity index (χ4v) is 2.35. The van der Waals surface area contributed by atoms with E-state index in [1.807, 2.05) is 24.3 Å². The van der Waals surface area contributed by atoms with E-state index in [1.54, 1.807) is 14.0 Å². The molecule has 1 aromatic carbocycles. The minimum Gasteiger partial charge on any atom is -0.497 e. The summed E-state index contributed by atoms with van der Waals surface area (Å²) < 4.78 is 10.4. The van der Waals surface area contributed by atoms with E-state index in [-0.39, 0.29) is 0 Å². The van der Waals surface area contributed by atoms with Crippen LogP contribution in [0.5, 0.6) is 5.75 Å². The van der Waals surface area contributed by atoms with Gasteiger partial charge in [-0.1, -0.05) is 11.8 Å². The van der Waals surface area contributed by atoms with Crippen LogP contribution in [0.4, 0.5) is 0 Å². The molecule has 0 unspecified atom stereocenters. The lowest BCUT2D eigenvalue weighted by atomic mass is 10.2. The molecule has 3 rings (SSSR count). The Labute approximate surface area is 125 Å². The Bertz CT molecular complexity index is 722. The van der Waals surface area contributed by atoms with Crippen LogP contribution in [0.15, 0.2) is 33.8 Å². The highest BCUT2D eigenvalue weighted by molar-refractivity contribution is 7.98. The lowest BCUT2D eigenvalue weighted by molar-refractivity contribution is 0.415. The van der Waals surface area contributed by atoms with Crippen molar-refractivity contribution in [3.05, 3.63) is 36.0 Å². The minimum atomic E-state index is 0.542. The zero-order valence-corrected chi connectivity index (χ0v) is 12.3. The number of hydrogen-bond donors (Lipinski definition) is 1. The monoisotopic (exact) mass is 303 g/mol. The third kappa shape index (κ3) is 3.22. The molecule has 0 spiro atoms. The molecule has 0 aliphatic carbocycles. The van der Waals surface area contributed by atoms with Gasteiger partial charge in [0.2, 0.25) is 16.9 Å². The molecule has 0 saturated carbocycles. The molecule has 8 heteroatoms. The first-order valence-corrected chi connectivity index (χ1v) is 7.22. The first-order chi connectivity index (χ1) is 10.2. The number of aryl methyl sites for hydroxylation is 1. The Hall–Kier alpha value is -2.35. The number of rotatable bonds is 5. The lowest BCUT2D eigenvalue weighted by Gasteiger charge is -1.99. The Balaban J connectivity index is 1.67. The van der Waals surface area contributed by atoms with Gasteiger partial charge in [-0.2, -0.15) is 0 Å². The Morgan fingerprint density at radius 1 is 1.24 bits per heavy atom. The van der Waals surface area contributed by atoms with Gasteiger partial charge in [-0.3, -0.25) is 5.10 Å². The number of H-pyrrole nitrogens is 1. The molecule has 2 aromatic heterocycles. The topological polar surface area (TPSA) is 89.7 Å². The molecule has 21 heavy (non-hydrogen) atoms. The van der Waals surface area contributed by atoms with E-state index in [9.17, 15) is 0 Å². The number of benzene rings is 1. The molecule has 0 aliphatic heterocycles. The highest BCUT2D eigenvalue weighted by atomic mass is 32.2. The largest absolute Gasteiger partial charge is 0.497 e. The van der Waals surface area contributed by atoms with Crippen LogP contribution < -0.4 is 4.74 Å². The van der Waals surface area contributed by atoms with Crippen LogP contribution in [0.25, 0.3) is 11.4 Å². The smallest absolute Gasteiger partial charge is 0.226 e. The second-order valence-electron chi connectivity index (χ2n) is 4.20. The summed E-state index contributed by atoms with van der Waals surface area (Å²) in [4.78, 5) is 4.42. The van der Waals surface area contributed by atoms with Gasteiger partial charge in [0.1, 0.15) is 5.75 Å². The van der Waals surface area contributed by atoms with Gasteiger partial charge in [-0.05, 0) is 24.3 Å². The summed E-state index contributed by atoms with van der Waals surface area (Å²) in [6, 6.07) is 7.61. The van der Waals surface area contributed by atoms with E-state index in [2.05, 4.69) is 25.4 Å². The molecule has 0 radical (unpaired) electrons. The first kappa shape index (κ1) is 13.6. The number of methoxy groups -OCH3 is 1. The average Bonchev–Trinajstić information content (AvgIpc) is 3.14. The first-order valence-electron chi connectivity index (χ1n) is 6.23. The highest BCUT2D eigenvalue weighted by Crippen LogP contribution is 2.23. The van der Waals surface area contributed by atoms with Gasteiger partial charge < -0.3 is 9.15 Å². The fraction of sp³-hybridized carbons (Fsp3) is 0.231. The predicted molar refractivity (Wildman–Crippen MR) is 77.0 cm³/mol. The molecule has 0 saturated heterocycles. The van der Waals surface area contributed by atoms with Gasteiger partial charge in [0.15, 0.2) is 5.82 Å². The zero-order valence-electron chi connectivity index (χ0n) is 11.5. The van der Waals surface area contributed by atoms with Crippen molar-refractivity contribution in [1.29, 1.82) is 0 Å². The number of thioether (sulfide) groups is 1. The quantitative estimate of drug-likeness (QED) is 0.724. The second-order valence-corrected chi connectivity index (χ2v) is 5.14. The predicted octanol–water partition coefficient (Wildman–Crippen LogP) is 2.46. The molecule has 0 amide bonds. The van der Waals surface area contributed by atoms with Gasteiger partial charge in [-0.15, -0.1) is 15.3 Å². The molecule has 1 N–H and O–H groups in total. The molecule has 0 fully saturated rings. The number of ether oxygens (including phenoxy) is 1. The maximum atomic E-state index is 5.30. The summed E-state index contributed by atoms with van der Waals surface area (Å²) in [6.07, 6.45) is 0. The van der Waals surface area contributed by atoms with Crippen molar-refractivity contribution < 1.29 is 9.15 Å². The van der Waals surface area contributed by atoms with Gasteiger partial charge in [0.25, 0.3) is 0 Å². The van der Waals surface area contributed by atoms with Gasteiger partial charge >= 0.3 is 0 Å². The molecular weight excluding hydrogens is 290 g/mol. The summed E-state index contributed by atoms with van der Waals surface area (Å²) in [7, 11) is 1.64. The van der Waals surface area contributed by atoms with Crippen LogP contribution in [0, 0.1) is 6.92 Å². The molecule has 0 bridgehead atoms. The average molecular weight is 303 g/mol. The standard InChI is InChI=1S/C13H13N5O2S/c1-8-15-16-11(20-8)7-21-13-14-12(17-18-13)9-3-5-10(19-2)6-4-9/h3-6H,7H2,1-2H3,(H,14,17,18). The second kappa shape index (κ2) is 5.96. The van der Waals surface area contributed by atoms with Crippen LogP contribution in [0.2, 0.25) is 0 Å². The maximum absolute atomic E-state index is 5.30.